The largest absolute Gasteiger partial charge is 0.497 e. The van der Waals surface area contributed by atoms with Crippen molar-refractivity contribution in [3.63, 3.8) is 0 Å². The molecule has 0 heterocycles. The van der Waals surface area contributed by atoms with E-state index >= 15 is 0 Å². The summed E-state index contributed by atoms with van der Waals surface area (Å²) >= 11 is 0. The maximum Gasteiger partial charge on any atom is 0.136 e. The van der Waals surface area contributed by atoms with E-state index in [4.69, 9.17) is 4.74 Å². The maximum atomic E-state index is 14.3. The Balaban J connectivity index is 2.60. The first-order valence-electron chi connectivity index (χ1n) is 6.91. The maximum absolute atomic E-state index is 14.3. The predicted octanol–water partition coefficient (Wildman–Crippen LogP) is 4.06. The number of hydrogen-bond acceptors (Lipinski definition) is 2. The van der Waals surface area contributed by atoms with Crippen molar-refractivity contribution in [3.8, 4) is 16.9 Å². The molecule has 0 saturated heterocycles. The molecular weight excluding hydrogens is 272 g/mol. The fourth-order valence-electron chi connectivity index (χ4n) is 2.25. The van der Waals surface area contributed by atoms with Crippen molar-refractivity contribution in [2.24, 2.45) is 0 Å². The molecule has 0 bridgehead atoms. The number of benzene rings is 2. The van der Waals surface area contributed by atoms with Gasteiger partial charge in [-0.2, -0.15) is 0 Å². The molecule has 0 aliphatic rings. The Kier molecular flexibility index (Phi) is 4.91. The van der Waals surface area contributed by atoms with E-state index in [1.807, 2.05) is 6.92 Å². The molecular formula is C17H19F2NO. The van der Waals surface area contributed by atoms with Gasteiger partial charge in [-0.1, -0.05) is 19.1 Å². The van der Waals surface area contributed by atoms with E-state index in [1.165, 1.54) is 12.1 Å². The third-order valence-electron chi connectivity index (χ3n) is 3.43. The molecule has 4 heteroatoms. The summed E-state index contributed by atoms with van der Waals surface area (Å²) in [6.07, 6.45) is 0. The molecule has 0 spiro atoms. The SMILES string of the molecule is CCNCc1cc(OC)ccc1-c1c(F)ccc(C)c1F. The number of aryl methyl sites for hydroxylation is 1. The molecule has 2 aromatic rings. The van der Waals surface area contributed by atoms with Gasteiger partial charge in [-0.25, -0.2) is 8.78 Å². The number of methoxy groups -OCH3 is 1. The Hall–Kier alpha value is -1.94. The van der Waals surface area contributed by atoms with Crippen molar-refractivity contribution in [3.05, 3.63) is 53.1 Å². The van der Waals surface area contributed by atoms with E-state index in [-0.39, 0.29) is 5.56 Å². The van der Waals surface area contributed by atoms with Crippen LogP contribution in [0.3, 0.4) is 0 Å². The van der Waals surface area contributed by atoms with Crippen molar-refractivity contribution in [2.75, 3.05) is 13.7 Å². The standard InChI is InChI=1S/C17H19F2NO/c1-4-20-10-12-9-13(21-3)6-7-14(12)16-15(18)8-5-11(2)17(16)19/h5-9,20H,4,10H2,1-3H3. The monoisotopic (exact) mass is 291 g/mol. The van der Waals surface area contributed by atoms with E-state index in [2.05, 4.69) is 5.32 Å². The second kappa shape index (κ2) is 6.68. The van der Waals surface area contributed by atoms with E-state index in [0.717, 1.165) is 12.1 Å². The molecule has 0 radical (unpaired) electrons. The molecule has 21 heavy (non-hydrogen) atoms. The van der Waals surface area contributed by atoms with Gasteiger partial charge < -0.3 is 10.1 Å². The van der Waals surface area contributed by atoms with Gasteiger partial charge in [-0.05, 0) is 48.4 Å². The zero-order chi connectivity index (χ0) is 15.4. The number of rotatable bonds is 5. The minimum absolute atomic E-state index is 0.0190. The van der Waals surface area contributed by atoms with Crippen LogP contribution in [0, 0.1) is 18.6 Å². The minimum Gasteiger partial charge on any atom is -0.497 e. The topological polar surface area (TPSA) is 21.3 Å². The average Bonchev–Trinajstić information content (AvgIpc) is 2.50. The molecule has 1 N–H and O–H groups in total. The van der Waals surface area contributed by atoms with Gasteiger partial charge in [0.2, 0.25) is 0 Å². The normalized spacial score (nSPS) is 10.7. The quantitative estimate of drug-likeness (QED) is 0.897. The summed E-state index contributed by atoms with van der Waals surface area (Å²) in [7, 11) is 1.57. The highest BCUT2D eigenvalue weighted by Gasteiger charge is 2.17. The summed E-state index contributed by atoms with van der Waals surface area (Å²) in [5.41, 5.74) is 1.80. The summed E-state index contributed by atoms with van der Waals surface area (Å²) in [6.45, 7) is 4.91. The first kappa shape index (κ1) is 15.4. The first-order valence-corrected chi connectivity index (χ1v) is 6.91. The lowest BCUT2D eigenvalue weighted by atomic mass is 9.96. The summed E-state index contributed by atoms with van der Waals surface area (Å²) in [5.74, 6) is -0.404. The van der Waals surface area contributed by atoms with Gasteiger partial charge in [0.05, 0.1) is 12.7 Å². The lowest BCUT2D eigenvalue weighted by Gasteiger charge is -2.14. The average molecular weight is 291 g/mol. The van der Waals surface area contributed by atoms with Crippen LogP contribution in [0.2, 0.25) is 0 Å². The highest BCUT2D eigenvalue weighted by atomic mass is 19.1. The Morgan fingerprint density at radius 1 is 1.14 bits per heavy atom. The highest BCUT2D eigenvalue weighted by Crippen LogP contribution is 2.32. The summed E-state index contributed by atoms with van der Waals surface area (Å²) in [4.78, 5) is 0. The molecule has 0 amide bonds. The van der Waals surface area contributed by atoms with Gasteiger partial charge in [-0.15, -0.1) is 0 Å². The van der Waals surface area contributed by atoms with E-state index in [0.29, 0.717) is 23.4 Å². The van der Waals surface area contributed by atoms with Gasteiger partial charge in [0.25, 0.3) is 0 Å². The van der Waals surface area contributed by atoms with Crippen LogP contribution in [0.15, 0.2) is 30.3 Å². The molecule has 2 nitrogen and oxygen atoms in total. The minimum atomic E-state index is -0.555. The van der Waals surface area contributed by atoms with Crippen LogP contribution in [-0.4, -0.2) is 13.7 Å². The summed E-state index contributed by atoms with van der Waals surface area (Å²) in [5, 5.41) is 3.18. The molecule has 0 aromatic heterocycles. The fourth-order valence-corrected chi connectivity index (χ4v) is 2.25. The number of ether oxygens (including phenoxy) is 1. The van der Waals surface area contributed by atoms with Gasteiger partial charge in [0, 0.05) is 6.54 Å². The smallest absolute Gasteiger partial charge is 0.136 e. The predicted molar refractivity (Wildman–Crippen MR) is 80.5 cm³/mol. The lowest BCUT2D eigenvalue weighted by Crippen LogP contribution is -2.13. The van der Waals surface area contributed by atoms with Crippen LogP contribution in [0.25, 0.3) is 11.1 Å². The van der Waals surface area contributed by atoms with Gasteiger partial charge in [-0.3, -0.25) is 0 Å². The second-order valence-corrected chi connectivity index (χ2v) is 4.86. The third kappa shape index (κ3) is 3.22. The number of halogens is 2. The van der Waals surface area contributed by atoms with E-state index in [9.17, 15) is 8.78 Å². The van der Waals surface area contributed by atoms with Crippen LogP contribution in [0.5, 0.6) is 5.75 Å². The molecule has 0 fully saturated rings. The molecule has 0 aliphatic carbocycles. The van der Waals surface area contributed by atoms with Crippen LogP contribution < -0.4 is 10.1 Å². The Labute approximate surface area is 123 Å². The molecule has 0 unspecified atom stereocenters. The Bertz CT molecular complexity index is 641. The molecule has 0 atom stereocenters. The van der Waals surface area contributed by atoms with Gasteiger partial charge >= 0.3 is 0 Å². The zero-order valence-corrected chi connectivity index (χ0v) is 12.5. The van der Waals surface area contributed by atoms with E-state index < -0.39 is 11.6 Å². The molecule has 0 saturated carbocycles. The van der Waals surface area contributed by atoms with E-state index in [1.54, 1.807) is 32.2 Å². The van der Waals surface area contributed by atoms with Crippen LogP contribution in [0.4, 0.5) is 8.78 Å². The number of nitrogens with one attached hydrogen (secondary N) is 1. The van der Waals surface area contributed by atoms with Crippen molar-refractivity contribution < 1.29 is 13.5 Å². The number of hydrogen-bond donors (Lipinski definition) is 1. The Morgan fingerprint density at radius 3 is 2.57 bits per heavy atom. The summed E-state index contributed by atoms with van der Waals surface area (Å²) < 4.78 is 33.6. The van der Waals surface area contributed by atoms with Crippen molar-refractivity contribution in [1.29, 1.82) is 0 Å². The molecule has 112 valence electrons. The first-order chi connectivity index (χ1) is 10.1. The van der Waals surface area contributed by atoms with Crippen LogP contribution >= 0.6 is 0 Å². The highest BCUT2D eigenvalue weighted by molar-refractivity contribution is 5.70. The molecule has 2 rings (SSSR count). The van der Waals surface area contributed by atoms with Gasteiger partial charge in [0.1, 0.15) is 17.4 Å². The van der Waals surface area contributed by atoms with Crippen LogP contribution in [0.1, 0.15) is 18.1 Å². The van der Waals surface area contributed by atoms with Crippen LogP contribution in [-0.2, 0) is 6.54 Å². The molecule has 2 aromatic carbocycles. The Morgan fingerprint density at radius 2 is 1.90 bits per heavy atom. The fraction of sp³-hybridized carbons (Fsp3) is 0.294. The zero-order valence-electron chi connectivity index (χ0n) is 12.5. The lowest BCUT2D eigenvalue weighted by molar-refractivity contribution is 0.414. The van der Waals surface area contributed by atoms with Crippen molar-refractivity contribution in [2.45, 2.75) is 20.4 Å². The van der Waals surface area contributed by atoms with Crippen molar-refractivity contribution in [1.82, 2.24) is 5.32 Å². The second-order valence-electron chi connectivity index (χ2n) is 4.86. The summed E-state index contributed by atoms with van der Waals surface area (Å²) in [6, 6.07) is 7.97. The van der Waals surface area contributed by atoms with Crippen molar-refractivity contribution >= 4 is 0 Å². The molecule has 0 aliphatic heterocycles. The third-order valence-corrected chi connectivity index (χ3v) is 3.43. The van der Waals surface area contributed by atoms with Gasteiger partial charge in [0.15, 0.2) is 0 Å².